The first kappa shape index (κ1) is 6.43. The van der Waals surface area contributed by atoms with Gasteiger partial charge in [-0.25, -0.2) is 5.41 Å². The summed E-state index contributed by atoms with van der Waals surface area (Å²) in [6.45, 7) is 2.87. The van der Waals surface area contributed by atoms with E-state index in [1.165, 1.54) is 0 Å². The van der Waals surface area contributed by atoms with Crippen molar-refractivity contribution in [3.8, 4) is 0 Å². The Kier molecular flexibility index (Phi) is 2.37. The number of guanidine groups is 1. The molecule has 0 aliphatic rings. The van der Waals surface area contributed by atoms with Crippen LogP contribution >= 0.6 is 0 Å². The summed E-state index contributed by atoms with van der Waals surface area (Å²) in [5.74, 6) is 0.211. The van der Waals surface area contributed by atoms with Gasteiger partial charge in [-0.3, -0.25) is 4.90 Å². The van der Waals surface area contributed by atoms with Crippen molar-refractivity contribution in [1.82, 2.24) is 0 Å². The van der Waals surface area contributed by atoms with Crippen LogP contribution in [0.5, 0.6) is 0 Å². The van der Waals surface area contributed by atoms with E-state index in [-0.39, 0.29) is 5.96 Å². The summed E-state index contributed by atoms with van der Waals surface area (Å²) in [5.41, 5.74) is 5.09. The average molecular weight is 102 g/mol. The van der Waals surface area contributed by atoms with Crippen LogP contribution in [0.1, 0.15) is 6.92 Å². The van der Waals surface area contributed by atoms with Gasteiger partial charge in [0.15, 0.2) is 0 Å². The van der Waals surface area contributed by atoms with Crippen LogP contribution in [-0.2, 0) is 0 Å². The molecule has 3 heteroatoms. The highest BCUT2D eigenvalue weighted by Crippen LogP contribution is 1.35. The summed E-state index contributed by atoms with van der Waals surface area (Å²) in [6.07, 6.45) is 0. The monoisotopic (exact) mass is 102 g/mol. The molecule has 3 nitrogen and oxygen atoms in total. The van der Waals surface area contributed by atoms with Gasteiger partial charge in [-0.15, -0.1) is 0 Å². The van der Waals surface area contributed by atoms with Crippen molar-refractivity contribution in [1.29, 1.82) is 5.41 Å². The summed E-state index contributed by atoms with van der Waals surface area (Å²) >= 11 is 0. The SMILES string of the molecule is CC[NH+](C)C(=N)N. The molecule has 0 rings (SSSR count). The van der Waals surface area contributed by atoms with Gasteiger partial charge in [-0.1, -0.05) is 0 Å². The highest BCUT2D eigenvalue weighted by Gasteiger charge is 1.97. The van der Waals surface area contributed by atoms with E-state index in [9.17, 15) is 0 Å². The fourth-order valence-electron chi connectivity index (χ4n) is 0.190. The largest absolute Gasteiger partial charge is 0.338 e. The van der Waals surface area contributed by atoms with Gasteiger partial charge in [-0.2, -0.15) is 0 Å². The van der Waals surface area contributed by atoms with Crippen molar-refractivity contribution in [2.75, 3.05) is 13.6 Å². The average Bonchev–Trinajstić information content (AvgIpc) is 1.65. The first-order chi connectivity index (χ1) is 3.18. The first-order valence-corrected chi connectivity index (χ1v) is 2.35. The van der Waals surface area contributed by atoms with Crippen molar-refractivity contribution >= 4 is 5.96 Å². The van der Waals surface area contributed by atoms with E-state index in [1.807, 2.05) is 14.0 Å². The van der Waals surface area contributed by atoms with E-state index < -0.39 is 0 Å². The quantitative estimate of drug-likeness (QED) is 0.271. The van der Waals surface area contributed by atoms with Gasteiger partial charge in [0, 0.05) is 0 Å². The maximum absolute atomic E-state index is 6.84. The Balaban J connectivity index is 3.34. The maximum Gasteiger partial charge on any atom is 0.290 e. The number of quaternary nitrogens is 1. The Labute approximate surface area is 43.6 Å². The predicted octanol–water partition coefficient (Wildman–Crippen LogP) is -1.59. The third-order valence-corrected chi connectivity index (χ3v) is 0.990. The lowest BCUT2D eigenvalue weighted by Crippen LogP contribution is -3.12. The molecule has 0 saturated carbocycles. The third-order valence-electron chi connectivity index (χ3n) is 0.990. The van der Waals surface area contributed by atoms with Crippen molar-refractivity contribution in [2.24, 2.45) is 5.73 Å². The molecule has 1 unspecified atom stereocenters. The molecule has 7 heavy (non-hydrogen) atoms. The Bertz CT molecular complexity index is 69.3. The smallest absolute Gasteiger partial charge is 0.290 e. The van der Waals surface area contributed by atoms with Crippen LogP contribution in [0.4, 0.5) is 0 Å². The Morgan fingerprint density at radius 3 is 2.29 bits per heavy atom. The topological polar surface area (TPSA) is 54.3 Å². The highest BCUT2D eigenvalue weighted by atomic mass is 15.2. The van der Waals surface area contributed by atoms with Crippen molar-refractivity contribution in [3.05, 3.63) is 0 Å². The van der Waals surface area contributed by atoms with Crippen LogP contribution in [0.3, 0.4) is 0 Å². The van der Waals surface area contributed by atoms with Gasteiger partial charge < -0.3 is 5.73 Å². The molecular weight excluding hydrogens is 90.1 g/mol. The highest BCUT2D eigenvalue weighted by molar-refractivity contribution is 5.64. The van der Waals surface area contributed by atoms with Gasteiger partial charge in [0.25, 0.3) is 5.96 Å². The lowest BCUT2D eigenvalue weighted by molar-refractivity contribution is -0.782. The zero-order valence-electron chi connectivity index (χ0n) is 4.78. The van der Waals surface area contributed by atoms with E-state index in [4.69, 9.17) is 11.1 Å². The molecule has 0 aromatic heterocycles. The second kappa shape index (κ2) is 2.58. The number of hydrogen-bond acceptors (Lipinski definition) is 1. The number of rotatable bonds is 1. The number of nitrogens with one attached hydrogen (secondary N) is 2. The van der Waals surface area contributed by atoms with Crippen LogP contribution in [0.15, 0.2) is 0 Å². The van der Waals surface area contributed by atoms with Gasteiger partial charge in [-0.05, 0) is 6.92 Å². The normalized spacial score (nSPS) is 13.4. The fraction of sp³-hybridized carbons (Fsp3) is 0.750. The second-order valence-corrected chi connectivity index (χ2v) is 1.55. The Morgan fingerprint density at radius 1 is 1.86 bits per heavy atom. The van der Waals surface area contributed by atoms with Gasteiger partial charge in [0.1, 0.15) is 0 Å². The predicted molar refractivity (Wildman–Crippen MR) is 29.3 cm³/mol. The molecule has 1 atom stereocenters. The Hall–Kier alpha value is -0.570. The van der Waals surface area contributed by atoms with Crippen molar-refractivity contribution < 1.29 is 4.90 Å². The summed E-state index contributed by atoms with van der Waals surface area (Å²) < 4.78 is 0. The summed E-state index contributed by atoms with van der Waals surface area (Å²) in [5, 5.41) is 6.84. The minimum Gasteiger partial charge on any atom is -0.338 e. The molecule has 0 spiro atoms. The zero-order chi connectivity index (χ0) is 5.86. The summed E-state index contributed by atoms with van der Waals surface area (Å²) in [6, 6.07) is 0. The molecule has 0 saturated heterocycles. The second-order valence-electron chi connectivity index (χ2n) is 1.55. The van der Waals surface area contributed by atoms with E-state index >= 15 is 0 Å². The van der Waals surface area contributed by atoms with Crippen LogP contribution in [0.2, 0.25) is 0 Å². The minimum absolute atomic E-state index is 0.211. The molecule has 4 N–H and O–H groups in total. The summed E-state index contributed by atoms with van der Waals surface area (Å²) in [7, 11) is 1.86. The molecule has 0 aliphatic carbocycles. The first-order valence-electron chi connectivity index (χ1n) is 2.35. The van der Waals surface area contributed by atoms with E-state index in [0.717, 1.165) is 11.4 Å². The van der Waals surface area contributed by atoms with Gasteiger partial charge in [0.2, 0.25) is 0 Å². The molecule has 42 valence electrons. The summed E-state index contributed by atoms with van der Waals surface area (Å²) in [4.78, 5) is 0.958. The molecule has 0 aromatic carbocycles. The standard InChI is InChI=1S/C4H11N3/c1-3-7(2)4(5)6/h3H2,1-2H3,(H3,5,6)/p+1. The molecule has 0 aromatic rings. The zero-order valence-corrected chi connectivity index (χ0v) is 4.78. The molecule has 0 heterocycles. The molecule has 0 fully saturated rings. The molecule has 0 radical (unpaired) electrons. The van der Waals surface area contributed by atoms with Crippen LogP contribution in [0.25, 0.3) is 0 Å². The van der Waals surface area contributed by atoms with Crippen LogP contribution in [-0.4, -0.2) is 19.6 Å². The van der Waals surface area contributed by atoms with Crippen molar-refractivity contribution in [2.45, 2.75) is 6.92 Å². The van der Waals surface area contributed by atoms with Crippen LogP contribution < -0.4 is 10.6 Å². The van der Waals surface area contributed by atoms with E-state index in [1.54, 1.807) is 0 Å². The van der Waals surface area contributed by atoms with Gasteiger partial charge in [0.05, 0.1) is 13.6 Å². The molecule has 0 bridgehead atoms. The number of nitrogens with two attached hydrogens (primary N) is 1. The lowest BCUT2D eigenvalue weighted by Gasteiger charge is -2.04. The van der Waals surface area contributed by atoms with Gasteiger partial charge >= 0.3 is 0 Å². The third kappa shape index (κ3) is 2.17. The Morgan fingerprint density at radius 2 is 2.29 bits per heavy atom. The lowest BCUT2D eigenvalue weighted by atomic mass is 10.6. The molecular formula is C4H12N3+. The maximum atomic E-state index is 6.84. The van der Waals surface area contributed by atoms with Crippen LogP contribution in [0, 0.1) is 5.41 Å². The fourth-order valence-corrected chi connectivity index (χ4v) is 0.190. The van der Waals surface area contributed by atoms with E-state index in [2.05, 4.69) is 0 Å². The molecule has 0 amide bonds. The van der Waals surface area contributed by atoms with Crippen molar-refractivity contribution in [3.63, 3.8) is 0 Å². The minimum atomic E-state index is 0.211. The van der Waals surface area contributed by atoms with E-state index in [0.29, 0.717) is 0 Å². The molecule has 0 aliphatic heterocycles. The number of hydrogen-bond donors (Lipinski definition) is 3.